The number of carbonyl (C=O) groups is 1. The van der Waals surface area contributed by atoms with Crippen molar-refractivity contribution in [2.45, 2.75) is 19.0 Å². The normalized spacial score (nSPS) is 22.9. The number of nitrogens with one attached hydrogen (secondary N) is 3. The number of amides is 1. The minimum Gasteiger partial charge on any atom is -0.349 e. The molecule has 1 aliphatic rings. The zero-order valence-corrected chi connectivity index (χ0v) is 12.7. The molecule has 2 aromatic rings. The van der Waals surface area contributed by atoms with E-state index in [1.807, 2.05) is 48.7 Å². The highest BCUT2D eigenvalue weighted by Gasteiger charge is 2.34. The number of rotatable bonds is 4. The Balaban J connectivity index is 1.67. The molecule has 3 unspecified atom stereocenters. The topological polar surface area (TPSA) is 53.2 Å². The molecular weight excluding hydrogens is 282 g/mol. The van der Waals surface area contributed by atoms with Crippen molar-refractivity contribution in [2.75, 3.05) is 6.54 Å². The van der Waals surface area contributed by atoms with Crippen molar-refractivity contribution in [3.8, 4) is 0 Å². The molecule has 1 aromatic heterocycles. The third-order valence-electron chi connectivity index (χ3n) is 3.83. The smallest absolute Gasteiger partial charge is 0.226 e. The summed E-state index contributed by atoms with van der Waals surface area (Å²) in [4.78, 5) is 13.7. The van der Waals surface area contributed by atoms with Gasteiger partial charge < -0.3 is 5.32 Å². The van der Waals surface area contributed by atoms with Crippen molar-refractivity contribution in [3.63, 3.8) is 0 Å². The lowest BCUT2D eigenvalue weighted by atomic mass is 9.98. The van der Waals surface area contributed by atoms with Gasteiger partial charge in [0.05, 0.1) is 18.0 Å². The number of hydrogen-bond donors (Lipinski definition) is 3. The van der Waals surface area contributed by atoms with E-state index >= 15 is 0 Å². The fourth-order valence-corrected chi connectivity index (χ4v) is 3.47. The van der Waals surface area contributed by atoms with Crippen LogP contribution in [-0.4, -0.2) is 12.5 Å². The van der Waals surface area contributed by atoms with E-state index in [4.69, 9.17) is 0 Å². The molecule has 0 bridgehead atoms. The molecule has 1 aliphatic heterocycles. The van der Waals surface area contributed by atoms with E-state index in [0.29, 0.717) is 6.54 Å². The molecular formula is C16H19N3OS. The number of benzene rings is 1. The summed E-state index contributed by atoms with van der Waals surface area (Å²) in [5.74, 6) is -0.00272. The standard InChI is InChI=1S/C16H19N3OS/c1-11(12-6-3-2-4-7-12)18-16(20)13-10-17-19-15(13)14-8-5-9-21-14/h2-9,11,13,15,17,19H,10H2,1H3,(H,18,20). The quantitative estimate of drug-likeness (QED) is 0.813. The number of hydrogen-bond acceptors (Lipinski definition) is 4. The van der Waals surface area contributed by atoms with E-state index in [2.05, 4.69) is 22.2 Å². The first-order valence-corrected chi connectivity index (χ1v) is 8.01. The second-order valence-corrected chi connectivity index (χ2v) is 6.25. The van der Waals surface area contributed by atoms with Crippen LogP contribution >= 0.6 is 11.3 Å². The van der Waals surface area contributed by atoms with Crippen molar-refractivity contribution >= 4 is 17.2 Å². The number of thiophene rings is 1. The van der Waals surface area contributed by atoms with Crippen LogP contribution in [0.1, 0.15) is 29.4 Å². The maximum absolute atomic E-state index is 12.5. The summed E-state index contributed by atoms with van der Waals surface area (Å²) in [6, 6.07) is 14.2. The third kappa shape index (κ3) is 3.15. The average Bonchev–Trinajstić information content (AvgIpc) is 3.18. The molecule has 4 nitrogen and oxygen atoms in total. The van der Waals surface area contributed by atoms with E-state index in [0.717, 1.165) is 5.56 Å². The molecule has 110 valence electrons. The van der Waals surface area contributed by atoms with Gasteiger partial charge in [0.15, 0.2) is 0 Å². The monoisotopic (exact) mass is 301 g/mol. The van der Waals surface area contributed by atoms with E-state index in [1.165, 1.54) is 4.88 Å². The van der Waals surface area contributed by atoms with Crippen LogP contribution in [0.25, 0.3) is 0 Å². The summed E-state index contributed by atoms with van der Waals surface area (Å²) in [5, 5.41) is 5.15. The molecule has 0 spiro atoms. The SMILES string of the molecule is CC(NC(=O)C1CNNC1c1cccs1)c1ccccc1. The molecule has 5 heteroatoms. The molecule has 3 atom stereocenters. The maximum Gasteiger partial charge on any atom is 0.226 e. The van der Waals surface area contributed by atoms with Crippen LogP contribution in [0.4, 0.5) is 0 Å². The minimum absolute atomic E-state index is 0.0169. The van der Waals surface area contributed by atoms with E-state index in [-0.39, 0.29) is 23.9 Å². The van der Waals surface area contributed by atoms with Gasteiger partial charge in [-0.1, -0.05) is 36.4 Å². The highest BCUT2D eigenvalue weighted by atomic mass is 32.1. The Bertz CT molecular complexity index is 585. The fraction of sp³-hybridized carbons (Fsp3) is 0.312. The van der Waals surface area contributed by atoms with Gasteiger partial charge >= 0.3 is 0 Å². The summed E-state index contributed by atoms with van der Waals surface area (Å²) in [5.41, 5.74) is 7.43. The Morgan fingerprint density at radius 1 is 1.29 bits per heavy atom. The molecule has 1 saturated heterocycles. The molecule has 1 fully saturated rings. The molecule has 3 rings (SSSR count). The molecule has 1 amide bonds. The van der Waals surface area contributed by atoms with Gasteiger partial charge in [0.1, 0.15) is 0 Å². The first-order chi connectivity index (χ1) is 10.3. The van der Waals surface area contributed by atoms with Gasteiger partial charge in [-0.3, -0.25) is 10.2 Å². The molecule has 2 heterocycles. The molecule has 0 radical (unpaired) electrons. The first kappa shape index (κ1) is 14.3. The van der Waals surface area contributed by atoms with Crippen LogP contribution in [0.2, 0.25) is 0 Å². The van der Waals surface area contributed by atoms with Gasteiger partial charge in [-0.05, 0) is 23.9 Å². The molecule has 0 saturated carbocycles. The van der Waals surface area contributed by atoms with Crippen LogP contribution in [0.15, 0.2) is 47.8 Å². The van der Waals surface area contributed by atoms with Crippen LogP contribution in [-0.2, 0) is 4.79 Å². The summed E-state index contributed by atoms with van der Waals surface area (Å²) in [6.07, 6.45) is 0. The maximum atomic E-state index is 12.5. The second-order valence-electron chi connectivity index (χ2n) is 5.27. The van der Waals surface area contributed by atoms with Crippen molar-refractivity contribution < 1.29 is 4.79 Å². The van der Waals surface area contributed by atoms with Gasteiger partial charge in [-0.2, -0.15) is 0 Å². The van der Waals surface area contributed by atoms with Crippen molar-refractivity contribution in [1.29, 1.82) is 0 Å². The lowest BCUT2D eigenvalue weighted by Gasteiger charge is -2.20. The zero-order chi connectivity index (χ0) is 14.7. The highest BCUT2D eigenvalue weighted by Crippen LogP contribution is 2.29. The largest absolute Gasteiger partial charge is 0.349 e. The Kier molecular flexibility index (Phi) is 4.34. The number of hydrazine groups is 1. The Labute approximate surface area is 128 Å². The lowest BCUT2D eigenvalue weighted by molar-refractivity contribution is -0.125. The van der Waals surface area contributed by atoms with Crippen molar-refractivity contribution in [1.82, 2.24) is 16.2 Å². The minimum atomic E-state index is -0.0881. The van der Waals surface area contributed by atoms with Crippen molar-refractivity contribution in [2.24, 2.45) is 5.92 Å². The van der Waals surface area contributed by atoms with Crippen molar-refractivity contribution in [3.05, 3.63) is 58.3 Å². The Hall–Kier alpha value is -1.69. The molecule has 0 aliphatic carbocycles. The summed E-state index contributed by atoms with van der Waals surface area (Å²) < 4.78 is 0. The predicted molar refractivity (Wildman–Crippen MR) is 84.7 cm³/mol. The van der Waals surface area contributed by atoms with Gasteiger partial charge in [-0.15, -0.1) is 11.3 Å². The highest BCUT2D eigenvalue weighted by molar-refractivity contribution is 7.10. The zero-order valence-electron chi connectivity index (χ0n) is 11.9. The van der Waals surface area contributed by atoms with E-state index in [9.17, 15) is 4.79 Å². The Morgan fingerprint density at radius 2 is 2.10 bits per heavy atom. The first-order valence-electron chi connectivity index (χ1n) is 7.13. The summed E-state index contributed by atoms with van der Waals surface area (Å²) in [6.45, 7) is 2.67. The van der Waals surface area contributed by atoms with Crippen LogP contribution in [0, 0.1) is 5.92 Å². The van der Waals surface area contributed by atoms with Gasteiger partial charge in [0.25, 0.3) is 0 Å². The number of carbonyl (C=O) groups excluding carboxylic acids is 1. The van der Waals surface area contributed by atoms with E-state index < -0.39 is 0 Å². The molecule has 3 N–H and O–H groups in total. The average molecular weight is 301 g/mol. The fourth-order valence-electron chi connectivity index (χ4n) is 2.62. The van der Waals surface area contributed by atoms with Crippen LogP contribution in [0.3, 0.4) is 0 Å². The summed E-state index contributed by atoms with van der Waals surface area (Å²) >= 11 is 1.67. The predicted octanol–water partition coefficient (Wildman–Crippen LogP) is 2.39. The van der Waals surface area contributed by atoms with Crippen LogP contribution in [0.5, 0.6) is 0 Å². The van der Waals surface area contributed by atoms with Gasteiger partial charge in [-0.25, -0.2) is 5.43 Å². The lowest BCUT2D eigenvalue weighted by Crippen LogP contribution is -2.36. The molecule has 1 aromatic carbocycles. The second kappa shape index (κ2) is 6.39. The van der Waals surface area contributed by atoms with Gasteiger partial charge in [0, 0.05) is 11.4 Å². The third-order valence-corrected chi connectivity index (χ3v) is 4.78. The summed E-state index contributed by atoms with van der Waals surface area (Å²) in [7, 11) is 0. The van der Waals surface area contributed by atoms with Gasteiger partial charge in [0.2, 0.25) is 5.91 Å². The van der Waals surface area contributed by atoms with E-state index in [1.54, 1.807) is 11.3 Å². The Morgan fingerprint density at radius 3 is 2.81 bits per heavy atom. The molecule has 21 heavy (non-hydrogen) atoms. The van der Waals surface area contributed by atoms with Crippen LogP contribution < -0.4 is 16.2 Å².